The van der Waals surface area contributed by atoms with E-state index in [4.69, 9.17) is 4.74 Å². The van der Waals surface area contributed by atoms with Crippen LogP contribution in [0.15, 0.2) is 53.4 Å². The lowest BCUT2D eigenvalue weighted by molar-refractivity contribution is -0.124. The van der Waals surface area contributed by atoms with Gasteiger partial charge in [-0.1, -0.05) is 19.1 Å². The minimum atomic E-state index is -3.70. The minimum absolute atomic E-state index is 0.111. The maximum Gasteiger partial charge on any atom is 0.261 e. The van der Waals surface area contributed by atoms with Gasteiger partial charge in [0, 0.05) is 11.7 Å². The Morgan fingerprint density at radius 1 is 1.00 bits per heavy atom. The van der Waals surface area contributed by atoms with E-state index in [1.54, 1.807) is 24.3 Å². The van der Waals surface area contributed by atoms with E-state index in [2.05, 4.69) is 17.0 Å². The molecule has 2 aliphatic carbocycles. The van der Waals surface area contributed by atoms with Crippen molar-refractivity contribution < 1.29 is 17.9 Å². The van der Waals surface area contributed by atoms with Crippen LogP contribution in [-0.2, 0) is 20.2 Å². The number of hydrogen-bond donors (Lipinski definition) is 2. The van der Waals surface area contributed by atoms with E-state index in [1.165, 1.54) is 25.0 Å². The molecule has 0 radical (unpaired) electrons. The Bertz CT molecular complexity index is 1040. The van der Waals surface area contributed by atoms with Crippen molar-refractivity contribution in [3.63, 3.8) is 0 Å². The van der Waals surface area contributed by atoms with E-state index in [-0.39, 0.29) is 16.8 Å². The molecule has 0 aromatic heterocycles. The normalized spacial score (nSPS) is 22.1. The molecule has 4 rings (SSSR count). The number of benzene rings is 2. The van der Waals surface area contributed by atoms with Crippen LogP contribution in [0.4, 0.5) is 5.69 Å². The van der Waals surface area contributed by atoms with Crippen LogP contribution in [0.2, 0.25) is 0 Å². The Hall–Kier alpha value is -2.54. The zero-order valence-electron chi connectivity index (χ0n) is 18.8. The molecule has 2 aromatic carbocycles. The van der Waals surface area contributed by atoms with Crippen LogP contribution in [0.1, 0.15) is 57.9 Å². The Kier molecular flexibility index (Phi) is 6.47. The summed E-state index contributed by atoms with van der Waals surface area (Å²) in [6.45, 7) is 4.67. The second kappa shape index (κ2) is 9.14. The van der Waals surface area contributed by atoms with Crippen molar-refractivity contribution in [3.8, 4) is 5.75 Å². The lowest BCUT2D eigenvalue weighted by Gasteiger charge is -2.28. The topological polar surface area (TPSA) is 84.5 Å². The van der Waals surface area contributed by atoms with Gasteiger partial charge in [0.1, 0.15) is 5.75 Å². The number of carbonyl (C=O) groups excluding carboxylic acids is 1. The van der Waals surface area contributed by atoms with Gasteiger partial charge < -0.3 is 10.1 Å². The molecule has 0 atom stereocenters. The number of amides is 1. The van der Waals surface area contributed by atoms with Crippen molar-refractivity contribution in [1.82, 2.24) is 5.32 Å². The minimum Gasteiger partial charge on any atom is -0.494 e. The SMILES string of the molecule is CCOc1ccc(S(=O)(=O)Nc2ccc(C3(C(=O)NC4CCC(C)CC4)CC3)cc2)cc1. The van der Waals surface area contributed by atoms with E-state index in [9.17, 15) is 13.2 Å². The summed E-state index contributed by atoms with van der Waals surface area (Å²) in [7, 11) is -3.70. The summed E-state index contributed by atoms with van der Waals surface area (Å²) >= 11 is 0. The van der Waals surface area contributed by atoms with E-state index in [0.29, 0.717) is 18.0 Å². The van der Waals surface area contributed by atoms with Crippen molar-refractivity contribution >= 4 is 21.6 Å². The Morgan fingerprint density at radius 3 is 2.19 bits per heavy atom. The molecule has 6 nitrogen and oxygen atoms in total. The lowest BCUT2D eigenvalue weighted by atomic mass is 9.86. The summed E-state index contributed by atoms with van der Waals surface area (Å²) in [5.74, 6) is 1.49. The average Bonchev–Trinajstić information content (AvgIpc) is 3.58. The smallest absolute Gasteiger partial charge is 0.261 e. The molecule has 2 fully saturated rings. The first-order valence-corrected chi connectivity index (χ1v) is 13.0. The molecule has 0 saturated heterocycles. The van der Waals surface area contributed by atoms with Gasteiger partial charge in [-0.2, -0.15) is 0 Å². The van der Waals surface area contributed by atoms with Gasteiger partial charge in [0.2, 0.25) is 5.91 Å². The van der Waals surface area contributed by atoms with E-state index in [0.717, 1.165) is 37.2 Å². The van der Waals surface area contributed by atoms with Crippen LogP contribution in [0.5, 0.6) is 5.75 Å². The largest absolute Gasteiger partial charge is 0.494 e. The van der Waals surface area contributed by atoms with Gasteiger partial charge in [0.15, 0.2) is 0 Å². The Labute approximate surface area is 190 Å². The molecular weight excluding hydrogens is 424 g/mol. The number of carbonyl (C=O) groups is 1. The predicted molar refractivity (Wildman–Crippen MR) is 125 cm³/mol. The fraction of sp³-hybridized carbons (Fsp3) is 0.480. The summed E-state index contributed by atoms with van der Waals surface area (Å²) in [5.41, 5.74) is 0.957. The summed E-state index contributed by atoms with van der Waals surface area (Å²) in [6.07, 6.45) is 6.10. The molecule has 1 amide bonds. The second-order valence-corrected chi connectivity index (χ2v) is 10.8. The molecule has 2 aromatic rings. The fourth-order valence-electron chi connectivity index (χ4n) is 4.45. The molecule has 7 heteroatoms. The maximum atomic E-state index is 13.0. The molecule has 2 aliphatic rings. The van der Waals surface area contributed by atoms with Gasteiger partial charge in [-0.05, 0) is 93.3 Å². The standard InChI is InChI=1S/C25H32N2O4S/c1-3-31-22-12-14-23(15-13-22)32(29,30)27-21-10-6-19(7-11-21)25(16-17-25)24(28)26-20-8-4-18(2)5-9-20/h6-7,10-15,18,20,27H,3-5,8-9,16-17H2,1-2H3,(H,26,28). The third-order valence-corrected chi connectivity index (χ3v) is 8.07. The third kappa shape index (κ3) is 4.93. The van der Waals surface area contributed by atoms with Gasteiger partial charge in [-0.25, -0.2) is 8.42 Å². The van der Waals surface area contributed by atoms with Gasteiger partial charge in [0.25, 0.3) is 10.0 Å². The zero-order chi connectivity index (χ0) is 22.8. The van der Waals surface area contributed by atoms with E-state index >= 15 is 0 Å². The van der Waals surface area contributed by atoms with Gasteiger partial charge in [-0.3, -0.25) is 9.52 Å². The summed E-state index contributed by atoms with van der Waals surface area (Å²) in [6, 6.07) is 13.8. The maximum absolute atomic E-state index is 13.0. The number of sulfonamides is 1. The second-order valence-electron chi connectivity index (χ2n) is 9.10. The quantitative estimate of drug-likeness (QED) is 0.607. The highest BCUT2D eigenvalue weighted by Gasteiger charge is 2.51. The zero-order valence-corrected chi connectivity index (χ0v) is 19.6. The predicted octanol–water partition coefficient (Wildman–Crippen LogP) is 4.61. The van der Waals surface area contributed by atoms with Crippen LogP contribution in [0, 0.1) is 5.92 Å². The van der Waals surface area contributed by atoms with Crippen LogP contribution >= 0.6 is 0 Å². The molecule has 2 saturated carbocycles. The molecule has 2 N–H and O–H groups in total. The van der Waals surface area contributed by atoms with E-state index < -0.39 is 15.4 Å². The van der Waals surface area contributed by atoms with Crippen molar-refractivity contribution in [3.05, 3.63) is 54.1 Å². The number of anilines is 1. The van der Waals surface area contributed by atoms with E-state index in [1.807, 2.05) is 19.1 Å². The first kappa shape index (κ1) is 22.6. The highest BCUT2D eigenvalue weighted by atomic mass is 32.2. The van der Waals surface area contributed by atoms with Crippen molar-refractivity contribution in [2.45, 2.75) is 68.7 Å². The summed E-state index contributed by atoms with van der Waals surface area (Å²) < 4.78 is 33.4. The summed E-state index contributed by atoms with van der Waals surface area (Å²) in [4.78, 5) is 13.2. The molecular formula is C25H32N2O4S. The number of hydrogen-bond acceptors (Lipinski definition) is 4. The third-order valence-electron chi connectivity index (χ3n) is 6.67. The molecule has 0 bridgehead atoms. The van der Waals surface area contributed by atoms with Gasteiger partial charge >= 0.3 is 0 Å². The molecule has 0 spiro atoms. The van der Waals surface area contributed by atoms with Gasteiger partial charge in [0.05, 0.1) is 16.9 Å². The molecule has 172 valence electrons. The first-order valence-electron chi connectivity index (χ1n) is 11.5. The average molecular weight is 457 g/mol. The monoisotopic (exact) mass is 456 g/mol. The highest BCUT2D eigenvalue weighted by molar-refractivity contribution is 7.92. The fourth-order valence-corrected chi connectivity index (χ4v) is 5.51. The van der Waals surface area contributed by atoms with Crippen molar-refractivity contribution in [2.24, 2.45) is 5.92 Å². The molecule has 0 heterocycles. The van der Waals surface area contributed by atoms with Crippen LogP contribution in [0.25, 0.3) is 0 Å². The molecule has 32 heavy (non-hydrogen) atoms. The van der Waals surface area contributed by atoms with Crippen LogP contribution in [0.3, 0.4) is 0 Å². The van der Waals surface area contributed by atoms with Crippen molar-refractivity contribution in [1.29, 1.82) is 0 Å². The highest BCUT2D eigenvalue weighted by Crippen LogP contribution is 2.49. The van der Waals surface area contributed by atoms with Gasteiger partial charge in [-0.15, -0.1) is 0 Å². The van der Waals surface area contributed by atoms with Crippen LogP contribution in [-0.4, -0.2) is 27.0 Å². The Morgan fingerprint density at radius 2 is 1.62 bits per heavy atom. The van der Waals surface area contributed by atoms with Crippen LogP contribution < -0.4 is 14.8 Å². The molecule has 0 aliphatic heterocycles. The Balaban J connectivity index is 1.40. The number of ether oxygens (including phenoxy) is 1. The number of nitrogens with one attached hydrogen (secondary N) is 2. The first-order chi connectivity index (χ1) is 15.3. The van der Waals surface area contributed by atoms with Crippen molar-refractivity contribution in [2.75, 3.05) is 11.3 Å². The number of rotatable bonds is 8. The lowest BCUT2D eigenvalue weighted by Crippen LogP contribution is -2.43. The summed E-state index contributed by atoms with van der Waals surface area (Å²) in [5, 5.41) is 3.27. The molecule has 0 unspecified atom stereocenters.